The third-order valence-corrected chi connectivity index (χ3v) is 3.78. The van der Waals surface area contributed by atoms with Crippen molar-refractivity contribution in [1.29, 1.82) is 0 Å². The molecule has 168 valence electrons. The van der Waals surface area contributed by atoms with E-state index in [2.05, 4.69) is 20.5 Å². The number of methoxy groups -OCH3 is 1. The van der Waals surface area contributed by atoms with Gasteiger partial charge in [0.05, 0.1) is 19.6 Å². The molecule has 0 heterocycles. The molecule has 0 aliphatic carbocycles. The number of nitrogens with zero attached hydrogens (tertiary/aromatic N) is 2. The van der Waals surface area contributed by atoms with E-state index in [9.17, 15) is 13.2 Å². The van der Waals surface area contributed by atoms with Crippen LogP contribution in [0, 0.1) is 0 Å². The molecule has 6 nitrogen and oxygen atoms in total. The van der Waals surface area contributed by atoms with Crippen LogP contribution < -0.4 is 15.4 Å². The molecule has 0 atom stereocenters. The summed E-state index contributed by atoms with van der Waals surface area (Å²) < 4.78 is 47.6. The monoisotopic (exact) mass is 532 g/mol. The molecule has 1 aromatic carbocycles. The highest BCUT2D eigenvalue weighted by Gasteiger charge is 2.26. The van der Waals surface area contributed by atoms with E-state index in [0.717, 1.165) is 24.4 Å². The van der Waals surface area contributed by atoms with Crippen LogP contribution in [0.25, 0.3) is 0 Å². The van der Waals surface area contributed by atoms with Gasteiger partial charge in [0.1, 0.15) is 12.4 Å². The minimum atomic E-state index is -4.19. The fourth-order valence-electron chi connectivity index (χ4n) is 2.25. The fourth-order valence-corrected chi connectivity index (χ4v) is 2.25. The number of guanidine groups is 1. The summed E-state index contributed by atoms with van der Waals surface area (Å²) in [6, 6.07) is 7.53. The Kier molecular flexibility index (Phi) is 14.9. The lowest BCUT2D eigenvalue weighted by atomic mass is 10.2. The predicted molar refractivity (Wildman–Crippen MR) is 120 cm³/mol. The first-order valence-electron chi connectivity index (χ1n) is 9.32. The van der Waals surface area contributed by atoms with Gasteiger partial charge in [-0.15, -0.1) is 24.0 Å². The number of aliphatic imine (C=N–C) groups is 1. The normalized spacial score (nSPS) is 11.9. The van der Waals surface area contributed by atoms with Crippen LogP contribution in [-0.4, -0.2) is 70.6 Å². The zero-order chi connectivity index (χ0) is 20.8. The fraction of sp³-hybridized carbons (Fsp3) is 0.632. The smallest absolute Gasteiger partial charge is 0.390 e. The van der Waals surface area contributed by atoms with Gasteiger partial charge in [-0.25, -0.2) is 4.99 Å². The van der Waals surface area contributed by atoms with Crippen molar-refractivity contribution in [3.8, 4) is 5.75 Å². The van der Waals surface area contributed by atoms with Crippen molar-refractivity contribution in [2.75, 3.05) is 53.6 Å². The number of alkyl halides is 3. The number of nitrogens with one attached hydrogen (secondary N) is 2. The third kappa shape index (κ3) is 14.4. The molecule has 1 aromatic rings. The Morgan fingerprint density at radius 2 is 1.90 bits per heavy atom. The first kappa shape index (κ1) is 27.7. The van der Waals surface area contributed by atoms with Gasteiger partial charge in [-0.2, -0.15) is 13.2 Å². The average Bonchev–Trinajstić information content (AvgIpc) is 2.64. The summed E-state index contributed by atoms with van der Waals surface area (Å²) in [5, 5.41) is 5.64. The molecule has 1 rings (SSSR count). The van der Waals surface area contributed by atoms with Crippen LogP contribution in [0.1, 0.15) is 18.9 Å². The minimum Gasteiger partial charge on any atom is -0.492 e. The summed E-state index contributed by atoms with van der Waals surface area (Å²) in [5.41, 5.74) is 0.915. The highest BCUT2D eigenvalue weighted by Crippen LogP contribution is 2.18. The van der Waals surface area contributed by atoms with Gasteiger partial charge in [0.2, 0.25) is 0 Å². The van der Waals surface area contributed by atoms with Gasteiger partial charge in [-0.05, 0) is 31.7 Å². The quantitative estimate of drug-likeness (QED) is 0.246. The molecule has 0 amide bonds. The third-order valence-electron chi connectivity index (χ3n) is 3.78. The molecule has 0 aliphatic heterocycles. The van der Waals surface area contributed by atoms with Crippen LogP contribution in [-0.2, 0) is 11.3 Å². The Morgan fingerprint density at radius 3 is 2.55 bits per heavy atom. The summed E-state index contributed by atoms with van der Waals surface area (Å²) >= 11 is 0. The van der Waals surface area contributed by atoms with E-state index < -0.39 is 12.6 Å². The Labute approximate surface area is 188 Å². The highest BCUT2D eigenvalue weighted by molar-refractivity contribution is 14.0. The largest absolute Gasteiger partial charge is 0.492 e. The topological polar surface area (TPSA) is 58.1 Å². The van der Waals surface area contributed by atoms with Crippen LogP contribution >= 0.6 is 24.0 Å². The van der Waals surface area contributed by atoms with E-state index in [0.29, 0.717) is 32.3 Å². The molecular formula is C19H32F3IN4O2. The molecule has 0 radical (unpaired) electrons. The van der Waals surface area contributed by atoms with Crippen LogP contribution in [0.4, 0.5) is 13.2 Å². The molecular weight excluding hydrogens is 500 g/mol. The maximum Gasteiger partial charge on any atom is 0.390 e. The molecule has 0 aromatic heterocycles. The molecule has 0 spiro atoms. The number of hydrogen-bond donors (Lipinski definition) is 2. The Morgan fingerprint density at radius 1 is 1.17 bits per heavy atom. The van der Waals surface area contributed by atoms with Crippen LogP contribution in [0.3, 0.4) is 0 Å². The highest BCUT2D eigenvalue weighted by atomic mass is 127. The second kappa shape index (κ2) is 15.6. The Balaban J connectivity index is 0.00000784. The maximum atomic E-state index is 12.3. The van der Waals surface area contributed by atoms with Crippen LogP contribution in [0.5, 0.6) is 5.75 Å². The van der Waals surface area contributed by atoms with E-state index in [1.807, 2.05) is 38.2 Å². The second-order valence-electron chi connectivity index (χ2n) is 6.28. The lowest BCUT2D eigenvalue weighted by Gasteiger charge is -2.16. The van der Waals surface area contributed by atoms with E-state index in [-0.39, 0.29) is 30.5 Å². The van der Waals surface area contributed by atoms with E-state index in [4.69, 9.17) is 9.47 Å². The van der Waals surface area contributed by atoms with E-state index in [1.165, 1.54) is 0 Å². The van der Waals surface area contributed by atoms with Crippen molar-refractivity contribution in [1.82, 2.24) is 15.5 Å². The summed E-state index contributed by atoms with van der Waals surface area (Å²) in [5.74, 6) is 1.10. The molecule has 0 unspecified atom stereocenters. The summed E-state index contributed by atoms with van der Waals surface area (Å²) in [6.07, 6.45) is -5.09. The van der Waals surface area contributed by atoms with E-state index in [1.54, 1.807) is 7.11 Å². The van der Waals surface area contributed by atoms with Crippen molar-refractivity contribution < 1.29 is 22.6 Å². The zero-order valence-electron chi connectivity index (χ0n) is 17.2. The number of rotatable bonds is 12. The molecule has 0 bridgehead atoms. The molecule has 10 heteroatoms. The SMILES string of the molecule is CCNC(=NCc1cccc(OCCN(C)CCOC)c1)NCCC(F)(F)F.I. The van der Waals surface area contributed by atoms with Gasteiger partial charge >= 0.3 is 6.18 Å². The van der Waals surface area contributed by atoms with Crippen LogP contribution in [0.2, 0.25) is 0 Å². The molecule has 0 aliphatic rings. The molecule has 2 N–H and O–H groups in total. The van der Waals surface area contributed by atoms with Gasteiger partial charge in [-0.1, -0.05) is 12.1 Å². The summed E-state index contributed by atoms with van der Waals surface area (Å²) in [6.45, 7) is 5.39. The van der Waals surface area contributed by atoms with Gasteiger partial charge in [0.15, 0.2) is 5.96 Å². The zero-order valence-corrected chi connectivity index (χ0v) is 19.5. The van der Waals surface area contributed by atoms with Crippen molar-refractivity contribution >= 4 is 29.9 Å². The number of hydrogen-bond acceptors (Lipinski definition) is 4. The first-order valence-corrected chi connectivity index (χ1v) is 9.32. The molecule has 29 heavy (non-hydrogen) atoms. The second-order valence-corrected chi connectivity index (χ2v) is 6.28. The predicted octanol–water partition coefficient (Wildman–Crippen LogP) is 3.27. The van der Waals surface area contributed by atoms with Gasteiger partial charge < -0.3 is 25.0 Å². The number of likely N-dealkylation sites (N-methyl/N-ethyl adjacent to an activating group) is 1. The average molecular weight is 532 g/mol. The Bertz CT molecular complexity index is 589. The number of benzene rings is 1. The maximum absolute atomic E-state index is 12.3. The summed E-state index contributed by atoms with van der Waals surface area (Å²) in [7, 11) is 3.67. The first-order chi connectivity index (χ1) is 13.3. The minimum absolute atomic E-state index is 0. The van der Waals surface area contributed by atoms with Crippen LogP contribution in [0.15, 0.2) is 29.3 Å². The van der Waals surface area contributed by atoms with Crippen molar-refractivity contribution in [3.05, 3.63) is 29.8 Å². The van der Waals surface area contributed by atoms with Crippen molar-refractivity contribution in [2.24, 2.45) is 4.99 Å². The number of halogens is 4. The lowest BCUT2D eigenvalue weighted by Crippen LogP contribution is -2.38. The van der Waals surface area contributed by atoms with Crippen molar-refractivity contribution in [2.45, 2.75) is 26.1 Å². The van der Waals surface area contributed by atoms with Crippen molar-refractivity contribution in [3.63, 3.8) is 0 Å². The molecule has 0 saturated heterocycles. The van der Waals surface area contributed by atoms with Gasteiger partial charge in [-0.3, -0.25) is 0 Å². The standard InChI is InChI=1S/C19H31F3N4O2.HI/c1-4-23-18(24-9-8-19(20,21)22)25-15-16-6-5-7-17(14-16)28-13-11-26(2)10-12-27-3;/h5-7,14H,4,8-13,15H2,1-3H3,(H2,23,24,25);1H. The molecule has 0 fully saturated rings. The van der Waals surface area contributed by atoms with E-state index >= 15 is 0 Å². The number of ether oxygens (including phenoxy) is 2. The van der Waals surface area contributed by atoms with Gasteiger partial charge in [0.25, 0.3) is 0 Å². The van der Waals surface area contributed by atoms with Gasteiger partial charge in [0, 0.05) is 33.3 Å². The lowest BCUT2D eigenvalue weighted by molar-refractivity contribution is -0.132. The Hall–Kier alpha value is -1.27. The summed E-state index contributed by atoms with van der Waals surface area (Å²) in [4.78, 5) is 6.45. The molecule has 0 saturated carbocycles.